The first-order valence-electron chi connectivity index (χ1n) is 7.73. The molecule has 0 radical (unpaired) electrons. The Morgan fingerprint density at radius 2 is 1.92 bits per heavy atom. The molecule has 0 aliphatic rings. The summed E-state index contributed by atoms with van der Waals surface area (Å²) < 4.78 is 10.5. The third-order valence-electron chi connectivity index (χ3n) is 3.85. The van der Waals surface area contributed by atoms with E-state index in [9.17, 15) is 4.79 Å². The molecular weight excluding hydrogens is 340 g/mol. The number of carbonyl (C=O) groups is 1. The molecule has 3 aromatic rings. The van der Waals surface area contributed by atoms with Crippen LogP contribution in [-0.4, -0.2) is 18.2 Å². The molecule has 0 unspecified atom stereocenters. The number of ether oxygens (including phenoxy) is 1. The normalized spacial score (nSPS) is 10.5. The Bertz CT molecular complexity index is 905. The van der Waals surface area contributed by atoms with Gasteiger partial charge in [-0.1, -0.05) is 53.2 Å². The summed E-state index contributed by atoms with van der Waals surface area (Å²) >= 11 is 6.23. The first kappa shape index (κ1) is 17.0. The molecule has 0 fully saturated rings. The number of para-hydroxylation sites is 1. The van der Waals surface area contributed by atoms with Crippen LogP contribution >= 0.6 is 11.6 Å². The first-order chi connectivity index (χ1) is 12.1. The Morgan fingerprint density at radius 1 is 1.20 bits per heavy atom. The lowest BCUT2D eigenvalue weighted by molar-refractivity contribution is 0.0949. The predicted molar refractivity (Wildman–Crippen MR) is 95.9 cm³/mol. The van der Waals surface area contributed by atoms with E-state index in [4.69, 9.17) is 20.9 Å². The molecule has 25 heavy (non-hydrogen) atoms. The molecule has 0 saturated carbocycles. The van der Waals surface area contributed by atoms with Crippen molar-refractivity contribution in [3.63, 3.8) is 0 Å². The Hall–Kier alpha value is -2.79. The minimum Gasteiger partial charge on any atom is -0.496 e. The summed E-state index contributed by atoms with van der Waals surface area (Å²) in [6, 6.07) is 14.7. The number of methoxy groups -OCH3 is 1. The highest BCUT2D eigenvalue weighted by Gasteiger charge is 2.23. The van der Waals surface area contributed by atoms with Gasteiger partial charge in [0.25, 0.3) is 5.91 Å². The molecule has 1 aromatic heterocycles. The van der Waals surface area contributed by atoms with Gasteiger partial charge in [-0.25, -0.2) is 0 Å². The minimum absolute atomic E-state index is 0.278. The third kappa shape index (κ3) is 3.51. The maximum atomic E-state index is 12.7. The standard InChI is InChI=1S/C19H17ClN2O3/c1-12-17(18(22-25-12)14-8-4-5-9-15(14)20)19(23)21-11-13-7-3-6-10-16(13)24-2/h3-10H,11H2,1-2H3,(H,21,23). The summed E-state index contributed by atoms with van der Waals surface area (Å²) in [5.41, 5.74) is 2.35. The van der Waals surface area contributed by atoms with Crippen molar-refractivity contribution in [2.24, 2.45) is 0 Å². The van der Waals surface area contributed by atoms with Crippen LogP contribution in [0.15, 0.2) is 53.1 Å². The topological polar surface area (TPSA) is 64.4 Å². The van der Waals surface area contributed by atoms with E-state index >= 15 is 0 Å². The molecule has 0 bridgehead atoms. The van der Waals surface area contributed by atoms with Gasteiger partial charge in [0.15, 0.2) is 0 Å². The van der Waals surface area contributed by atoms with Crippen LogP contribution in [-0.2, 0) is 6.54 Å². The van der Waals surface area contributed by atoms with Crippen LogP contribution in [0.3, 0.4) is 0 Å². The smallest absolute Gasteiger partial charge is 0.257 e. The summed E-state index contributed by atoms with van der Waals surface area (Å²) in [5.74, 6) is 0.878. The van der Waals surface area contributed by atoms with Gasteiger partial charge in [-0.15, -0.1) is 0 Å². The number of amides is 1. The van der Waals surface area contributed by atoms with Crippen molar-refractivity contribution in [2.45, 2.75) is 13.5 Å². The van der Waals surface area contributed by atoms with Gasteiger partial charge in [0.05, 0.1) is 12.1 Å². The van der Waals surface area contributed by atoms with Gasteiger partial charge in [0.1, 0.15) is 22.8 Å². The average molecular weight is 357 g/mol. The van der Waals surface area contributed by atoms with Crippen molar-refractivity contribution in [2.75, 3.05) is 7.11 Å². The molecule has 0 spiro atoms. The Kier molecular flexibility index (Phi) is 5.05. The maximum Gasteiger partial charge on any atom is 0.257 e. The molecule has 2 aromatic carbocycles. The molecule has 1 heterocycles. The van der Waals surface area contributed by atoms with Crippen LogP contribution in [0.1, 0.15) is 21.7 Å². The van der Waals surface area contributed by atoms with Gasteiger partial charge in [0, 0.05) is 17.7 Å². The van der Waals surface area contributed by atoms with Gasteiger partial charge < -0.3 is 14.6 Å². The number of aryl methyl sites for hydroxylation is 1. The molecule has 1 amide bonds. The van der Waals surface area contributed by atoms with Crippen molar-refractivity contribution in [1.82, 2.24) is 10.5 Å². The number of benzene rings is 2. The number of nitrogens with zero attached hydrogens (tertiary/aromatic N) is 1. The van der Waals surface area contributed by atoms with E-state index in [-0.39, 0.29) is 5.91 Å². The number of nitrogens with one attached hydrogen (secondary N) is 1. The summed E-state index contributed by atoms with van der Waals surface area (Å²) in [4.78, 5) is 12.7. The van der Waals surface area contributed by atoms with Crippen molar-refractivity contribution in [3.05, 3.63) is 70.4 Å². The fourth-order valence-electron chi connectivity index (χ4n) is 2.59. The number of hydrogen-bond acceptors (Lipinski definition) is 4. The Balaban J connectivity index is 1.86. The van der Waals surface area contributed by atoms with Crippen molar-refractivity contribution in [3.8, 4) is 17.0 Å². The lowest BCUT2D eigenvalue weighted by Crippen LogP contribution is -2.24. The maximum absolute atomic E-state index is 12.7. The summed E-state index contributed by atoms with van der Waals surface area (Å²) in [7, 11) is 1.60. The first-order valence-corrected chi connectivity index (χ1v) is 8.11. The quantitative estimate of drug-likeness (QED) is 0.742. The molecule has 0 aliphatic carbocycles. The lowest BCUT2D eigenvalue weighted by Gasteiger charge is -2.10. The van der Waals surface area contributed by atoms with E-state index in [1.54, 1.807) is 26.2 Å². The second kappa shape index (κ2) is 7.40. The van der Waals surface area contributed by atoms with Gasteiger partial charge in [-0.3, -0.25) is 4.79 Å². The monoisotopic (exact) mass is 356 g/mol. The van der Waals surface area contributed by atoms with Crippen LogP contribution < -0.4 is 10.1 Å². The van der Waals surface area contributed by atoms with Crippen molar-refractivity contribution in [1.29, 1.82) is 0 Å². The van der Waals surface area contributed by atoms with E-state index in [2.05, 4.69) is 10.5 Å². The van der Waals surface area contributed by atoms with Gasteiger partial charge >= 0.3 is 0 Å². The Morgan fingerprint density at radius 3 is 2.68 bits per heavy atom. The highest BCUT2D eigenvalue weighted by Crippen LogP contribution is 2.31. The highest BCUT2D eigenvalue weighted by atomic mass is 35.5. The van der Waals surface area contributed by atoms with E-state index in [0.717, 1.165) is 11.3 Å². The molecule has 3 rings (SSSR count). The summed E-state index contributed by atoms with van der Waals surface area (Å²) in [6.07, 6.45) is 0. The van der Waals surface area contributed by atoms with Crippen LogP contribution in [0, 0.1) is 6.92 Å². The minimum atomic E-state index is -0.278. The number of rotatable bonds is 5. The molecule has 5 nitrogen and oxygen atoms in total. The van der Waals surface area contributed by atoms with E-state index < -0.39 is 0 Å². The molecule has 0 saturated heterocycles. The molecule has 1 N–H and O–H groups in total. The molecule has 0 atom stereocenters. The highest BCUT2D eigenvalue weighted by molar-refractivity contribution is 6.33. The van der Waals surface area contributed by atoms with Gasteiger partial charge in [-0.05, 0) is 19.1 Å². The fourth-order valence-corrected chi connectivity index (χ4v) is 2.81. The van der Waals surface area contributed by atoms with E-state index in [0.29, 0.717) is 34.1 Å². The van der Waals surface area contributed by atoms with Gasteiger partial charge in [0.2, 0.25) is 0 Å². The van der Waals surface area contributed by atoms with Crippen LogP contribution in [0.25, 0.3) is 11.3 Å². The zero-order chi connectivity index (χ0) is 17.8. The van der Waals surface area contributed by atoms with E-state index in [1.165, 1.54) is 0 Å². The van der Waals surface area contributed by atoms with Crippen molar-refractivity contribution >= 4 is 17.5 Å². The largest absolute Gasteiger partial charge is 0.496 e. The zero-order valence-electron chi connectivity index (χ0n) is 13.9. The van der Waals surface area contributed by atoms with Crippen LogP contribution in [0.5, 0.6) is 5.75 Å². The van der Waals surface area contributed by atoms with Gasteiger partial charge in [-0.2, -0.15) is 0 Å². The number of aromatic nitrogens is 1. The average Bonchev–Trinajstić information content (AvgIpc) is 3.01. The third-order valence-corrected chi connectivity index (χ3v) is 4.18. The Labute approximate surface area is 150 Å². The summed E-state index contributed by atoms with van der Waals surface area (Å²) in [5, 5.41) is 7.41. The van der Waals surface area contributed by atoms with Crippen LogP contribution in [0.4, 0.5) is 0 Å². The number of carbonyl (C=O) groups excluding carboxylic acids is 1. The summed E-state index contributed by atoms with van der Waals surface area (Å²) in [6.45, 7) is 2.03. The molecular formula is C19H17ClN2O3. The molecule has 128 valence electrons. The predicted octanol–water partition coefficient (Wildman–Crippen LogP) is 4.24. The van der Waals surface area contributed by atoms with Crippen LogP contribution in [0.2, 0.25) is 5.02 Å². The van der Waals surface area contributed by atoms with E-state index in [1.807, 2.05) is 36.4 Å². The lowest BCUT2D eigenvalue weighted by atomic mass is 10.1. The second-order valence-electron chi connectivity index (χ2n) is 5.44. The second-order valence-corrected chi connectivity index (χ2v) is 5.84. The molecule has 0 aliphatic heterocycles. The number of halogens is 1. The zero-order valence-corrected chi connectivity index (χ0v) is 14.6. The van der Waals surface area contributed by atoms with Crippen molar-refractivity contribution < 1.29 is 14.1 Å². The SMILES string of the molecule is COc1ccccc1CNC(=O)c1c(-c2ccccc2Cl)noc1C. The molecule has 6 heteroatoms. The fraction of sp³-hybridized carbons (Fsp3) is 0.158. The number of hydrogen-bond donors (Lipinski definition) is 1.